The molecule has 0 radical (unpaired) electrons. The van der Waals surface area contributed by atoms with E-state index in [9.17, 15) is 13.2 Å². The maximum Gasteiger partial charge on any atom is 0.304 e. The van der Waals surface area contributed by atoms with Gasteiger partial charge in [-0.1, -0.05) is 18.2 Å². The second kappa shape index (κ2) is 5.85. The molecule has 0 aliphatic rings. The number of carboxylic acid groups (broad SMARTS) is 1. The van der Waals surface area contributed by atoms with Gasteiger partial charge < -0.3 is 5.11 Å². The highest BCUT2D eigenvalue weighted by molar-refractivity contribution is 7.91. The molecular weight excluding hydrogens is 316 g/mol. The highest BCUT2D eigenvalue weighted by Gasteiger charge is 2.16. The summed E-state index contributed by atoms with van der Waals surface area (Å²) in [5.41, 5.74) is 2.62. The molecule has 0 aliphatic heterocycles. The summed E-state index contributed by atoms with van der Waals surface area (Å²) in [6.07, 6.45) is 1.29. The van der Waals surface area contributed by atoms with Gasteiger partial charge in [0.25, 0.3) is 0 Å². The number of hydrogen-bond donors (Lipinski definition) is 1. The van der Waals surface area contributed by atoms with Crippen molar-refractivity contribution in [1.82, 2.24) is 9.61 Å². The zero-order valence-electron chi connectivity index (χ0n) is 12.1. The van der Waals surface area contributed by atoms with Crippen molar-refractivity contribution >= 4 is 21.3 Å². The van der Waals surface area contributed by atoms with Crippen molar-refractivity contribution in [3.63, 3.8) is 0 Å². The SMILES string of the molecule is O=C(O)CCS(=O)(=O)c1ccc(-c2cccc3ccnn23)cc1. The van der Waals surface area contributed by atoms with Crippen LogP contribution in [0.1, 0.15) is 6.42 Å². The van der Waals surface area contributed by atoms with Crippen LogP contribution in [0.5, 0.6) is 0 Å². The fourth-order valence-corrected chi connectivity index (χ4v) is 3.57. The Hall–Kier alpha value is -2.67. The quantitative estimate of drug-likeness (QED) is 0.775. The van der Waals surface area contributed by atoms with Gasteiger partial charge in [0.1, 0.15) is 0 Å². The van der Waals surface area contributed by atoms with Crippen LogP contribution in [0.15, 0.2) is 59.6 Å². The Morgan fingerprint density at radius 2 is 1.83 bits per heavy atom. The van der Waals surface area contributed by atoms with Gasteiger partial charge in [-0.05, 0) is 30.3 Å². The van der Waals surface area contributed by atoms with Crippen molar-refractivity contribution in [2.45, 2.75) is 11.3 Å². The highest BCUT2D eigenvalue weighted by atomic mass is 32.2. The largest absolute Gasteiger partial charge is 0.481 e. The number of carbonyl (C=O) groups is 1. The fourth-order valence-electron chi connectivity index (χ4n) is 2.34. The molecule has 3 rings (SSSR count). The molecule has 0 unspecified atom stereocenters. The molecule has 6 nitrogen and oxygen atoms in total. The number of rotatable bonds is 5. The average Bonchev–Trinajstić information content (AvgIpc) is 3.02. The molecule has 23 heavy (non-hydrogen) atoms. The average molecular weight is 330 g/mol. The first-order valence-corrected chi connectivity index (χ1v) is 8.60. The van der Waals surface area contributed by atoms with Crippen LogP contribution in [0, 0.1) is 0 Å². The summed E-state index contributed by atoms with van der Waals surface area (Å²) in [5, 5.41) is 12.9. The van der Waals surface area contributed by atoms with Crippen LogP contribution in [0.25, 0.3) is 16.8 Å². The minimum Gasteiger partial charge on any atom is -0.481 e. The Morgan fingerprint density at radius 1 is 1.09 bits per heavy atom. The van der Waals surface area contributed by atoms with Crippen LogP contribution >= 0.6 is 0 Å². The van der Waals surface area contributed by atoms with Crippen molar-refractivity contribution in [1.29, 1.82) is 0 Å². The number of sulfone groups is 1. The molecule has 0 saturated carbocycles. The Kier molecular flexibility index (Phi) is 3.87. The topological polar surface area (TPSA) is 88.7 Å². The van der Waals surface area contributed by atoms with E-state index in [0.29, 0.717) is 0 Å². The lowest BCUT2D eigenvalue weighted by Crippen LogP contribution is -2.10. The molecule has 0 atom stereocenters. The molecule has 7 heteroatoms. The number of aromatic nitrogens is 2. The lowest BCUT2D eigenvalue weighted by Gasteiger charge is -2.07. The molecule has 2 aromatic heterocycles. The molecule has 0 aliphatic carbocycles. The summed E-state index contributed by atoms with van der Waals surface area (Å²) in [7, 11) is -3.59. The molecular formula is C16H14N2O4S. The third-order valence-corrected chi connectivity index (χ3v) is 5.25. The van der Waals surface area contributed by atoms with Crippen molar-refractivity contribution in [2.24, 2.45) is 0 Å². The van der Waals surface area contributed by atoms with E-state index in [2.05, 4.69) is 5.10 Å². The maximum absolute atomic E-state index is 12.1. The van der Waals surface area contributed by atoms with Gasteiger partial charge in [-0.2, -0.15) is 5.10 Å². The molecule has 118 valence electrons. The molecule has 1 aromatic carbocycles. The van der Waals surface area contributed by atoms with Gasteiger partial charge >= 0.3 is 5.97 Å². The van der Waals surface area contributed by atoms with Gasteiger partial charge in [0.15, 0.2) is 9.84 Å². The van der Waals surface area contributed by atoms with E-state index in [0.717, 1.165) is 16.8 Å². The van der Waals surface area contributed by atoms with Gasteiger partial charge in [0.05, 0.1) is 34.5 Å². The van der Waals surface area contributed by atoms with Crippen LogP contribution in [0.3, 0.4) is 0 Å². The minimum atomic E-state index is -3.59. The molecule has 3 aromatic rings. The molecule has 0 bridgehead atoms. The number of aliphatic carboxylic acids is 1. The Labute approximate surface area is 132 Å². The van der Waals surface area contributed by atoms with Crippen LogP contribution in [-0.2, 0) is 14.6 Å². The number of hydrogen-bond acceptors (Lipinski definition) is 4. The van der Waals surface area contributed by atoms with E-state index < -0.39 is 28.0 Å². The van der Waals surface area contributed by atoms with Crippen LogP contribution < -0.4 is 0 Å². The van der Waals surface area contributed by atoms with Crippen molar-refractivity contribution in [2.75, 3.05) is 5.75 Å². The van der Waals surface area contributed by atoms with Crippen molar-refractivity contribution in [3.05, 3.63) is 54.7 Å². The van der Waals surface area contributed by atoms with Gasteiger partial charge in [0.2, 0.25) is 0 Å². The van der Waals surface area contributed by atoms with E-state index in [-0.39, 0.29) is 4.90 Å². The Morgan fingerprint density at radius 3 is 2.52 bits per heavy atom. The molecule has 0 saturated heterocycles. The number of carboxylic acids is 1. The third kappa shape index (κ3) is 3.09. The summed E-state index contributed by atoms with van der Waals surface area (Å²) in [6, 6.07) is 14.0. The smallest absolute Gasteiger partial charge is 0.304 e. The molecule has 2 heterocycles. The van der Waals surface area contributed by atoms with Crippen molar-refractivity contribution in [3.8, 4) is 11.3 Å². The zero-order chi connectivity index (χ0) is 16.4. The number of pyridine rings is 1. The summed E-state index contributed by atoms with van der Waals surface area (Å²) in [6.45, 7) is 0. The van der Waals surface area contributed by atoms with E-state index in [1.165, 1.54) is 12.1 Å². The Bertz CT molecular complexity index is 959. The Balaban J connectivity index is 1.93. The zero-order valence-corrected chi connectivity index (χ0v) is 12.9. The number of nitrogens with zero attached hydrogens (tertiary/aromatic N) is 2. The fraction of sp³-hybridized carbons (Fsp3) is 0.125. The summed E-state index contributed by atoms with van der Waals surface area (Å²) in [5.74, 6) is -1.54. The molecule has 0 amide bonds. The second-order valence-corrected chi connectivity index (χ2v) is 7.18. The van der Waals surface area contributed by atoms with E-state index in [4.69, 9.17) is 5.11 Å². The van der Waals surface area contributed by atoms with Crippen LogP contribution in [0.4, 0.5) is 0 Å². The van der Waals surface area contributed by atoms with Gasteiger partial charge in [-0.15, -0.1) is 0 Å². The number of benzene rings is 1. The van der Waals surface area contributed by atoms with Crippen LogP contribution in [0.2, 0.25) is 0 Å². The normalized spacial score (nSPS) is 11.7. The standard InChI is InChI=1S/C16H14N2O4S/c19-16(20)9-11-23(21,22)14-6-4-12(5-7-14)15-3-1-2-13-8-10-17-18(13)15/h1-8,10H,9,11H2,(H,19,20). The third-order valence-electron chi connectivity index (χ3n) is 3.52. The summed E-state index contributed by atoms with van der Waals surface area (Å²) in [4.78, 5) is 10.7. The lowest BCUT2D eigenvalue weighted by molar-refractivity contribution is -0.136. The van der Waals surface area contributed by atoms with Gasteiger partial charge in [-0.3, -0.25) is 4.79 Å². The monoisotopic (exact) mass is 330 g/mol. The van der Waals surface area contributed by atoms with Gasteiger partial charge in [-0.25, -0.2) is 12.9 Å². The predicted molar refractivity (Wildman–Crippen MR) is 84.9 cm³/mol. The first-order valence-electron chi connectivity index (χ1n) is 6.95. The predicted octanol–water partition coefficient (Wildman–Crippen LogP) is 2.25. The lowest BCUT2D eigenvalue weighted by atomic mass is 10.1. The minimum absolute atomic E-state index is 0.121. The molecule has 0 spiro atoms. The van der Waals surface area contributed by atoms with Crippen molar-refractivity contribution < 1.29 is 18.3 Å². The molecule has 0 fully saturated rings. The number of fused-ring (bicyclic) bond motifs is 1. The van der Waals surface area contributed by atoms with Crippen LogP contribution in [-0.4, -0.2) is 34.9 Å². The first-order chi connectivity index (χ1) is 11.0. The maximum atomic E-state index is 12.1. The van der Waals surface area contributed by atoms with Gasteiger partial charge in [0, 0.05) is 5.56 Å². The van der Waals surface area contributed by atoms with E-state index >= 15 is 0 Å². The van der Waals surface area contributed by atoms with E-state index in [1.54, 1.807) is 22.8 Å². The highest BCUT2D eigenvalue weighted by Crippen LogP contribution is 2.22. The molecule has 1 N–H and O–H groups in total. The first kappa shape index (κ1) is 15.2. The summed E-state index contributed by atoms with van der Waals surface area (Å²) < 4.78 is 25.9. The summed E-state index contributed by atoms with van der Waals surface area (Å²) >= 11 is 0. The second-order valence-electron chi connectivity index (χ2n) is 5.07. The van der Waals surface area contributed by atoms with E-state index in [1.807, 2.05) is 24.3 Å².